The normalized spacial score (nSPS) is 10.9. The molecule has 17 heavy (non-hydrogen) atoms. The largest absolute Gasteiger partial charge is 0.462 e. The van der Waals surface area contributed by atoms with E-state index in [4.69, 9.17) is 4.74 Å². The van der Waals surface area contributed by atoms with Crippen molar-refractivity contribution in [2.24, 2.45) is 0 Å². The molecule has 0 aromatic rings. The molecule has 0 aliphatic heterocycles. The third kappa shape index (κ3) is 7.78. The minimum absolute atomic E-state index is 0.195. The summed E-state index contributed by atoms with van der Waals surface area (Å²) in [5, 5.41) is 0. The lowest BCUT2D eigenvalue weighted by molar-refractivity contribution is -0.161. The van der Waals surface area contributed by atoms with Crippen molar-refractivity contribution in [1.82, 2.24) is 0 Å². The standard InChI is InChI=1S/C11H14O6/c1-4-10(13)16-7-9(6-15-8(3)12)17-11(14)5-2/h4-5,9H,1-2,6-7H2,3H3. The molecule has 0 aliphatic carbocycles. The molecular weight excluding hydrogens is 228 g/mol. The van der Waals surface area contributed by atoms with E-state index in [0.717, 1.165) is 12.2 Å². The van der Waals surface area contributed by atoms with E-state index >= 15 is 0 Å². The first-order valence-corrected chi connectivity index (χ1v) is 4.75. The Morgan fingerprint density at radius 1 is 1.06 bits per heavy atom. The number of carbonyl (C=O) groups is 3. The molecule has 0 aliphatic rings. The van der Waals surface area contributed by atoms with Crippen LogP contribution in [0, 0.1) is 0 Å². The van der Waals surface area contributed by atoms with E-state index in [0.29, 0.717) is 0 Å². The van der Waals surface area contributed by atoms with Gasteiger partial charge in [0.15, 0.2) is 6.10 Å². The van der Waals surface area contributed by atoms with E-state index in [2.05, 4.69) is 22.6 Å². The third-order valence-electron chi connectivity index (χ3n) is 1.50. The molecule has 1 atom stereocenters. The summed E-state index contributed by atoms with van der Waals surface area (Å²) in [6.07, 6.45) is 1.06. The van der Waals surface area contributed by atoms with Gasteiger partial charge in [-0.25, -0.2) is 9.59 Å². The van der Waals surface area contributed by atoms with Gasteiger partial charge in [0.1, 0.15) is 13.2 Å². The first-order valence-electron chi connectivity index (χ1n) is 4.75. The summed E-state index contributed by atoms with van der Waals surface area (Å²) in [4.78, 5) is 32.3. The van der Waals surface area contributed by atoms with Crippen molar-refractivity contribution >= 4 is 17.9 Å². The number of carbonyl (C=O) groups excluding carboxylic acids is 3. The summed E-state index contributed by atoms with van der Waals surface area (Å²) in [6, 6.07) is 0. The smallest absolute Gasteiger partial charge is 0.330 e. The highest BCUT2D eigenvalue weighted by Gasteiger charge is 2.16. The molecule has 0 radical (unpaired) electrons. The fourth-order valence-electron chi connectivity index (χ4n) is 0.773. The molecule has 6 nitrogen and oxygen atoms in total. The van der Waals surface area contributed by atoms with Crippen LogP contribution in [0.15, 0.2) is 25.3 Å². The number of esters is 3. The predicted octanol–water partition coefficient (Wildman–Crippen LogP) is 0.376. The van der Waals surface area contributed by atoms with Gasteiger partial charge in [0, 0.05) is 19.1 Å². The van der Waals surface area contributed by atoms with Gasteiger partial charge in [-0.1, -0.05) is 13.2 Å². The molecule has 0 bridgehead atoms. The maximum Gasteiger partial charge on any atom is 0.330 e. The molecule has 0 spiro atoms. The summed E-state index contributed by atoms with van der Waals surface area (Å²) < 4.78 is 14.1. The highest BCUT2D eigenvalue weighted by molar-refractivity contribution is 5.82. The molecule has 0 heterocycles. The van der Waals surface area contributed by atoms with Gasteiger partial charge in [0.25, 0.3) is 0 Å². The molecule has 0 saturated heterocycles. The fourth-order valence-corrected chi connectivity index (χ4v) is 0.773. The Morgan fingerprint density at radius 2 is 1.59 bits per heavy atom. The van der Waals surface area contributed by atoms with Crippen molar-refractivity contribution in [3.05, 3.63) is 25.3 Å². The van der Waals surface area contributed by atoms with Crippen molar-refractivity contribution < 1.29 is 28.6 Å². The zero-order chi connectivity index (χ0) is 13.3. The second kappa shape index (κ2) is 8.09. The van der Waals surface area contributed by atoms with Crippen molar-refractivity contribution in [2.75, 3.05) is 13.2 Å². The minimum Gasteiger partial charge on any atom is -0.462 e. The van der Waals surface area contributed by atoms with E-state index in [1.165, 1.54) is 6.92 Å². The molecule has 0 amide bonds. The van der Waals surface area contributed by atoms with Crippen LogP contribution in [0.25, 0.3) is 0 Å². The third-order valence-corrected chi connectivity index (χ3v) is 1.50. The van der Waals surface area contributed by atoms with Crippen molar-refractivity contribution in [3.63, 3.8) is 0 Å². The molecule has 0 saturated carbocycles. The van der Waals surface area contributed by atoms with Crippen LogP contribution in [0.3, 0.4) is 0 Å². The van der Waals surface area contributed by atoms with E-state index in [9.17, 15) is 14.4 Å². The lowest BCUT2D eigenvalue weighted by Gasteiger charge is -2.16. The van der Waals surface area contributed by atoms with Crippen LogP contribution in [0.5, 0.6) is 0 Å². The molecule has 0 N–H and O–H groups in total. The zero-order valence-electron chi connectivity index (χ0n) is 9.51. The van der Waals surface area contributed by atoms with Crippen LogP contribution in [-0.4, -0.2) is 37.2 Å². The number of rotatable bonds is 7. The summed E-state index contributed by atoms with van der Waals surface area (Å²) in [6.45, 7) is 7.21. The Kier molecular flexibility index (Phi) is 7.09. The monoisotopic (exact) mass is 242 g/mol. The molecule has 0 aromatic carbocycles. The van der Waals surface area contributed by atoms with Crippen LogP contribution in [0.1, 0.15) is 6.92 Å². The molecule has 1 unspecified atom stereocenters. The van der Waals surface area contributed by atoms with Crippen LogP contribution in [0.2, 0.25) is 0 Å². The van der Waals surface area contributed by atoms with Crippen molar-refractivity contribution in [2.45, 2.75) is 13.0 Å². The lowest BCUT2D eigenvalue weighted by atomic mass is 10.4. The first kappa shape index (κ1) is 14.9. The Hall–Kier alpha value is -2.11. The summed E-state index contributed by atoms with van der Waals surface area (Å²) in [5.41, 5.74) is 0. The van der Waals surface area contributed by atoms with Crippen molar-refractivity contribution in [3.8, 4) is 0 Å². The summed E-state index contributed by atoms with van der Waals surface area (Å²) in [5.74, 6) is -1.89. The van der Waals surface area contributed by atoms with E-state index in [1.807, 2.05) is 0 Å². The SMILES string of the molecule is C=CC(=O)OCC(COC(C)=O)OC(=O)C=C. The van der Waals surface area contributed by atoms with Gasteiger partial charge in [0.05, 0.1) is 0 Å². The molecule has 0 aromatic heterocycles. The van der Waals surface area contributed by atoms with E-state index in [1.54, 1.807) is 0 Å². The molecule has 6 heteroatoms. The van der Waals surface area contributed by atoms with Gasteiger partial charge in [-0.3, -0.25) is 4.79 Å². The average Bonchev–Trinajstić information content (AvgIpc) is 2.31. The predicted molar refractivity (Wildman–Crippen MR) is 57.9 cm³/mol. The van der Waals surface area contributed by atoms with Crippen LogP contribution in [-0.2, 0) is 28.6 Å². The Labute approximate surface area is 98.8 Å². The second-order valence-corrected chi connectivity index (χ2v) is 2.90. The van der Waals surface area contributed by atoms with Gasteiger partial charge < -0.3 is 14.2 Å². The van der Waals surface area contributed by atoms with Crippen LogP contribution < -0.4 is 0 Å². The Balaban J connectivity index is 4.22. The highest BCUT2D eigenvalue weighted by Crippen LogP contribution is 1.98. The number of hydrogen-bond acceptors (Lipinski definition) is 6. The van der Waals surface area contributed by atoms with Gasteiger partial charge in [-0.05, 0) is 0 Å². The van der Waals surface area contributed by atoms with Gasteiger partial charge in [-0.2, -0.15) is 0 Å². The van der Waals surface area contributed by atoms with Crippen LogP contribution >= 0.6 is 0 Å². The molecule has 0 rings (SSSR count). The Morgan fingerprint density at radius 3 is 2.06 bits per heavy atom. The molecule has 0 fully saturated rings. The topological polar surface area (TPSA) is 78.9 Å². The molecule has 94 valence electrons. The van der Waals surface area contributed by atoms with Crippen molar-refractivity contribution in [1.29, 1.82) is 0 Å². The van der Waals surface area contributed by atoms with Crippen LogP contribution in [0.4, 0.5) is 0 Å². The first-order chi connectivity index (χ1) is 7.99. The molecular formula is C11H14O6. The average molecular weight is 242 g/mol. The number of ether oxygens (including phenoxy) is 3. The minimum atomic E-state index is -0.867. The zero-order valence-corrected chi connectivity index (χ0v) is 9.51. The lowest BCUT2D eigenvalue weighted by Crippen LogP contribution is -2.29. The van der Waals surface area contributed by atoms with Gasteiger partial charge in [-0.15, -0.1) is 0 Å². The van der Waals surface area contributed by atoms with E-state index < -0.39 is 24.0 Å². The fraction of sp³-hybridized carbons (Fsp3) is 0.364. The van der Waals surface area contributed by atoms with E-state index in [-0.39, 0.29) is 13.2 Å². The maximum atomic E-state index is 10.9. The number of hydrogen-bond donors (Lipinski definition) is 0. The maximum absolute atomic E-state index is 10.9. The quantitative estimate of drug-likeness (QED) is 0.365. The summed E-state index contributed by atoms with van der Waals surface area (Å²) >= 11 is 0. The van der Waals surface area contributed by atoms with Gasteiger partial charge in [0.2, 0.25) is 0 Å². The van der Waals surface area contributed by atoms with Gasteiger partial charge >= 0.3 is 17.9 Å². The highest BCUT2D eigenvalue weighted by atomic mass is 16.6. The second-order valence-electron chi connectivity index (χ2n) is 2.90. The Bertz CT molecular complexity index is 320. The summed E-state index contributed by atoms with van der Waals surface area (Å²) in [7, 11) is 0.